The number of hydrogen-bond acceptors (Lipinski definition) is 3. The van der Waals surface area contributed by atoms with Crippen LogP contribution in [0.4, 0.5) is 0 Å². The Morgan fingerprint density at radius 1 is 1.40 bits per heavy atom. The first-order valence-corrected chi connectivity index (χ1v) is 7.05. The summed E-state index contributed by atoms with van der Waals surface area (Å²) in [5, 5.41) is 12.5. The lowest BCUT2D eigenvalue weighted by Crippen LogP contribution is -2.33. The Kier molecular flexibility index (Phi) is 8.42. The summed E-state index contributed by atoms with van der Waals surface area (Å²) in [5.41, 5.74) is 6.86. The maximum atomic E-state index is 9.42. The minimum atomic E-state index is -0.0139. The largest absolute Gasteiger partial charge is 0.396 e. The van der Waals surface area contributed by atoms with E-state index in [9.17, 15) is 5.11 Å². The van der Waals surface area contributed by atoms with Crippen molar-refractivity contribution in [2.45, 2.75) is 19.3 Å². The van der Waals surface area contributed by atoms with Gasteiger partial charge in [-0.3, -0.25) is 4.99 Å². The number of aliphatic imine (C=N–C) groups is 1. The summed E-state index contributed by atoms with van der Waals surface area (Å²) >= 11 is 0. The highest BCUT2D eigenvalue weighted by Gasteiger charge is 2.09. The van der Waals surface area contributed by atoms with Gasteiger partial charge >= 0.3 is 0 Å². The number of nitrogens with zero attached hydrogens (tertiary/aromatic N) is 1. The third-order valence-electron chi connectivity index (χ3n) is 2.95. The Morgan fingerprint density at radius 2 is 2.15 bits per heavy atom. The van der Waals surface area contributed by atoms with Crippen molar-refractivity contribution in [1.82, 2.24) is 5.32 Å². The monoisotopic (exact) mass is 279 g/mol. The van der Waals surface area contributed by atoms with Gasteiger partial charge in [0.15, 0.2) is 5.96 Å². The van der Waals surface area contributed by atoms with Gasteiger partial charge in [0, 0.05) is 25.7 Å². The molecule has 4 N–H and O–H groups in total. The molecule has 0 heterocycles. The third kappa shape index (κ3) is 6.54. The van der Waals surface area contributed by atoms with Gasteiger partial charge in [-0.25, -0.2) is 0 Å². The van der Waals surface area contributed by atoms with E-state index in [2.05, 4.69) is 10.3 Å². The SMILES string of the molecule is CCOCCCNC(N)=NCC(CO)c1ccccc1. The van der Waals surface area contributed by atoms with E-state index in [1.54, 1.807) is 0 Å². The molecular formula is C15H25N3O2. The molecule has 0 aliphatic carbocycles. The molecule has 1 atom stereocenters. The van der Waals surface area contributed by atoms with Crippen LogP contribution >= 0.6 is 0 Å². The Labute approximate surface area is 120 Å². The molecule has 0 aromatic heterocycles. The zero-order chi connectivity index (χ0) is 14.6. The van der Waals surface area contributed by atoms with E-state index in [-0.39, 0.29) is 12.5 Å². The molecule has 0 saturated carbocycles. The summed E-state index contributed by atoms with van der Waals surface area (Å²) in [5.74, 6) is 0.399. The molecule has 20 heavy (non-hydrogen) atoms. The third-order valence-corrected chi connectivity index (χ3v) is 2.95. The molecular weight excluding hydrogens is 254 g/mol. The van der Waals surface area contributed by atoms with Gasteiger partial charge in [-0.05, 0) is 18.9 Å². The topological polar surface area (TPSA) is 79.9 Å². The van der Waals surface area contributed by atoms with Gasteiger partial charge in [0.2, 0.25) is 0 Å². The molecule has 1 aromatic rings. The fourth-order valence-corrected chi connectivity index (χ4v) is 1.79. The van der Waals surface area contributed by atoms with Crippen LogP contribution in [0.15, 0.2) is 35.3 Å². The maximum absolute atomic E-state index is 9.42. The lowest BCUT2D eigenvalue weighted by Gasteiger charge is -2.12. The molecule has 0 amide bonds. The van der Waals surface area contributed by atoms with Crippen LogP contribution in [-0.2, 0) is 4.74 Å². The van der Waals surface area contributed by atoms with Crippen molar-refractivity contribution >= 4 is 5.96 Å². The average molecular weight is 279 g/mol. The zero-order valence-electron chi connectivity index (χ0n) is 12.1. The van der Waals surface area contributed by atoms with Crippen LogP contribution in [-0.4, -0.2) is 44.0 Å². The van der Waals surface area contributed by atoms with Gasteiger partial charge in [-0.15, -0.1) is 0 Å². The van der Waals surface area contributed by atoms with Crippen molar-refractivity contribution in [2.75, 3.05) is 32.9 Å². The number of guanidine groups is 1. The van der Waals surface area contributed by atoms with Crippen LogP contribution < -0.4 is 11.1 Å². The number of benzene rings is 1. The van der Waals surface area contributed by atoms with Crippen LogP contribution in [0, 0.1) is 0 Å². The van der Waals surface area contributed by atoms with Gasteiger partial charge in [-0.2, -0.15) is 0 Å². The van der Waals surface area contributed by atoms with Crippen molar-refractivity contribution in [3.8, 4) is 0 Å². The van der Waals surface area contributed by atoms with Crippen LogP contribution in [0.5, 0.6) is 0 Å². The number of aliphatic hydroxyl groups is 1. The average Bonchev–Trinajstić information content (AvgIpc) is 2.49. The number of ether oxygens (including phenoxy) is 1. The number of rotatable bonds is 9. The quantitative estimate of drug-likeness (QED) is 0.359. The molecule has 5 nitrogen and oxygen atoms in total. The van der Waals surface area contributed by atoms with Crippen molar-refractivity contribution in [3.05, 3.63) is 35.9 Å². The summed E-state index contributed by atoms with van der Waals surface area (Å²) < 4.78 is 5.23. The van der Waals surface area contributed by atoms with Crippen molar-refractivity contribution < 1.29 is 9.84 Å². The predicted molar refractivity (Wildman–Crippen MR) is 81.9 cm³/mol. The van der Waals surface area contributed by atoms with Crippen LogP contribution in [0.25, 0.3) is 0 Å². The molecule has 0 fully saturated rings. The Bertz CT molecular complexity index is 382. The lowest BCUT2D eigenvalue weighted by atomic mass is 10.0. The van der Waals surface area contributed by atoms with E-state index in [1.807, 2.05) is 37.3 Å². The summed E-state index contributed by atoms with van der Waals surface area (Å²) in [6.45, 7) is 4.71. The molecule has 0 saturated heterocycles. The van der Waals surface area contributed by atoms with Gasteiger partial charge in [-0.1, -0.05) is 30.3 Å². The van der Waals surface area contributed by atoms with Crippen LogP contribution in [0.2, 0.25) is 0 Å². The second-order valence-corrected chi connectivity index (χ2v) is 4.49. The minimum absolute atomic E-state index is 0.0139. The first kappa shape index (κ1) is 16.5. The van der Waals surface area contributed by atoms with Crippen molar-refractivity contribution in [3.63, 3.8) is 0 Å². The van der Waals surface area contributed by atoms with Gasteiger partial charge in [0.05, 0.1) is 13.2 Å². The summed E-state index contributed by atoms with van der Waals surface area (Å²) in [6, 6.07) is 9.84. The predicted octanol–water partition coefficient (Wildman–Crippen LogP) is 1.09. The molecule has 112 valence electrons. The molecule has 0 aliphatic heterocycles. The van der Waals surface area contributed by atoms with Gasteiger partial charge in [0.25, 0.3) is 0 Å². The van der Waals surface area contributed by atoms with E-state index in [1.165, 1.54) is 0 Å². The van der Waals surface area contributed by atoms with E-state index in [4.69, 9.17) is 10.5 Å². The highest BCUT2D eigenvalue weighted by Crippen LogP contribution is 2.14. The molecule has 0 spiro atoms. The van der Waals surface area contributed by atoms with Gasteiger partial charge < -0.3 is 20.9 Å². The molecule has 0 radical (unpaired) electrons. The highest BCUT2D eigenvalue weighted by atomic mass is 16.5. The molecule has 1 aromatic carbocycles. The van der Waals surface area contributed by atoms with E-state index in [0.717, 1.165) is 31.7 Å². The zero-order valence-corrected chi connectivity index (χ0v) is 12.1. The van der Waals surface area contributed by atoms with Gasteiger partial charge in [0.1, 0.15) is 0 Å². The number of nitrogens with one attached hydrogen (secondary N) is 1. The van der Waals surface area contributed by atoms with Crippen molar-refractivity contribution in [2.24, 2.45) is 10.7 Å². The minimum Gasteiger partial charge on any atom is -0.396 e. The lowest BCUT2D eigenvalue weighted by molar-refractivity contribution is 0.145. The molecule has 0 aliphatic rings. The fourth-order valence-electron chi connectivity index (χ4n) is 1.79. The molecule has 1 unspecified atom stereocenters. The Hall–Kier alpha value is -1.59. The molecule has 1 rings (SSSR count). The number of hydrogen-bond donors (Lipinski definition) is 3. The Balaban J connectivity index is 2.33. The first-order valence-electron chi connectivity index (χ1n) is 7.05. The van der Waals surface area contributed by atoms with Crippen molar-refractivity contribution in [1.29, 1.82) is 0 Å². The first-order chi connectivity index (χ1) is 9.77. The van der Waals surface area contributed by atoms with Crippen LogP contribution in [0.1, 0.15) is 24.8 Å². The summed E-state index contributed by atoms with van der Waals surface area (Å²) in [4.78, 5) is 4.27. The van der Waals surface area contributed by atoms with Crippen LogP contribution in [0.3, 0.4) is 0 Å². The smallest absolute Gasteiger partial charge is 0.188 e. The standard InChI is InChI=1S/C15H25N3O2/c1-2-20-10-6-9-17-15(16)18-11-14(12-19)13-7-4-3-5-8-13/h3-5,7-8,14,19H,2,6,9-12H2,1H3,(H3,16,17,18). The van der Waals surface area contributed by atoms with E-state index in [0.29, 0.717) is 12.5 Å². The molecule has 0 bridgehead atoms. The summed E-state index contributed by atoms with van der Waals surface area (Å²) in [6.07, 6.45) is 0.895. The normalized spacial score (nSPS) is 13.2. The maximum Gasteiger partial charge on any atom is 0.188 e. The second kappa shape index (κ2) is 10.2. The fraction of sp³-hybridized carbons (Fsp3) is 0.533. The number of nitrogens with two attached hydrogens (primary N) is 1. The molecule has 5 heteroatoms. The summed E-state index contributed by atoms with van der Waals surface area (Å²) in [7, 11) is 0. The van der Waals surface area contributed by atoms with E-state index >= 15 is 0 Å². The Morgan fingerprint density at radius 3 is 2.80 bits per heavy atom. The highest BCUT2D eigenvalue weighted by molar-refractivity contribution is 5.77. The van der Waals surface area contributed by atoms with E-state index < -0.39 is 0 Å². The second-order valence-electron chi connectivity index (χ2n) is 4.49. The number of aliphatic hydroxyl groups excluding tert-OH is 1.